The molecule has 0 unspecified atom stereocenters. The number of nitro groups is 1. The highest BCUT2D eigenvalue weighted by molar-refractivity contribution is 5.65. The third-order valence-corrected chi connectivity index (χ3v) is 2.71. The molecule has 3 aromatic rings. The highest BCUT2D eigenvalue weighted by Crippen LogP contribution is 2.22. The zero-order valence-electron chi connectivity index (χ0n) is 9.72. The van der Waals surface area contributed by atoms with Crippen molar-refractivity contribution in [1.29, 1.82) is 0 Å². The molecule has 0 aliphatic rings. The first-order chi connectivity index (χ1) is 9.15. The summed E-state index contributed by atoms with van der Waals surface area (Å²) in [6, 6.07) is 9.97. The van der Waals surface area contributed by atoms with Gasteiger partial charge in [0, 0.05) is 23.5 Å². The van der Waals surface area contributed by atoms with Crippen molar-refractivity contribution in [1.82, 2.24) is 14.6 Å². The summed E-state index contributed by atoms with van der Waals surface area (Å²) < 4.78 is 1.39. The van der Waals surface area contributed by atoms with Crippen LogP contribution in [0.25, 0.3) is 17.0 Å². The van der Waals surface area contributed by atoms with Gasteiger partial charge in [0.2, 0.25) is 5.65 Å². The molecule has 7 nitrogen and oxygen atoms in total. The molecule has 0 saturated heterocycles. The number of hydrogen-bond acceptors (Lipinski definition) is 5. The maximum absolute atomic E-state index is 10.9. The van der Waals surface area contributed by atoms with Crippen molar-refractivity contribution >= 4 is 17.0 Å². The Kier molecular flexibility index (Phi) is 2.38. The summed E-state index contributed by atoms with van der Waals surface area (Å²) in [5.41, 5.74) is 7.15. The molecule has 0 aliphatic carbocycles. The Morgan fingerprint density at radius 1 is 1.21 bits per heavy atom. The van der Waals surface area contributed by atoms with E-state index in [1.54, 1.807) is 36.5 Å². The Bertz CT molecular complexity index is 763. The number of benzene rings is 1. The molecule has 2 N–H and O–H groups in total. The minimum Gasteiger partial charge on any atom is -0.399 e. The van der Waals surface area contributed by atoms with Gasteiger partial charge in [-0.25, -0.2) is 9.50 Å². The fourth-order valence-electron chi connectivity index (χ4n) is 1.79. The van der Waals surface area contributed by atoms with Crippen LogP contribution in [0.15, 0.2) is 42.6 Å². The summed E-state index contributed by atoms with van der Waals surface area (Å²) in [6.45, 7) is 0. The molecule has 0 fully saturated rings. The zero-order valence-corrected chi connectivity index (χ0v) is 9.72. The van der Waals surface area contributed by atoms with Crippen LogP contribution < -0.4 is 5.73 Å². The number of fused-ring (bicyclic) bond motifs is 1. The summed E-state index contributed by atoms with van der Waals surface area (Å²) in [5.74, 6) is 0.425. The first-order valence-corrected chi connectivity index (χ1v) is 5.51. The fourth-order valence-corrected chi connectivity index (χ4v) is 1.79. The summed E-state index contributed by atoms with van der Waals surface area (Å²) in [4.78, 5) is 14.6. The fraction of sp³-hybridized carbons (Fsp3) is 0. The van der Waals surface area contributed by atoms with E-state index in [0.29, 0.717) is 11.5 Å². The van der Waals surface area contributed by atoms with Crippen molar-refractivity contribution in [3.8, 4) is 11.4 Å². The number of pyridine rings is 1. The number of hydrogen-bond donors (Lipinski definition) is 1. The lowest BCUT2D eigenvalue weighted by Crippen LogP contribution is -1.93. The quantitative estimate of drug-likeness (QED) is 0.428. The molecule has 0 atom stereocenters. The second-order valence-corrected chi connectivity index (χ2v) is 3.98. The number of rotatable bonds is 2. The van der Waals surface area contributed by atoms with E-state index in [1.807, 2.05) is 0 Å². The van der Waals surface area contributed by atoms with Crippen LogP contribution in [0.4, 0.5) is 11.4 Å². The predicted octanol–water partition coefficient (Wildman–Crippen LogP) is 1.89. The highest BCUT2D eigenvalue weighted by atomic mass is 16.6. The van der Waals surface area contributed by atoms with Gasteiger partial charge in [-0.05, 0) is 30.3 Å². The molecule has 19 heavy (non-hydrogen) atoms. The second-order valence-electron chi connectivity index (χ2n) is 3.98. The summed E-state index contributed by atoms with van der Waals surface area (Å²) in [7, 11) is 0. The molecule has 0 radical (unpaired) electrons. The van der Waals surface area contributed by atoms with E-state index in [4.69, 9.17) is 5.73 Å². The Labute approximate surface area is 107 Å². The van der Waals surface area contributed by atoms with E-state index in [-0.39, 0.29) is 11.3 Å². The van der Waals surface area contributed by atoms with Crippen LogP contribution in [0.1, 0.15) is 0 Å². The third kappa shape index (κ3) is 1.86. The van der Waals surface area contributed by atoms with Gasteiger partial charge in [0.1, 0.15) is 0 Å². The first-order valence-electron chi connectivity index (χ1n) is 5.51. The standard InChI is InChI=1S/C12H9N5O2/c13-9-5-3-8(4-6-9)11-14-12-10(17(18)19)2-1-7-16(12)15-11/h1-7H,13H2. The molecular formula is C12H9N5O2. The number of anilines is 1. The van der Waals surface area contributed by atoms with E-state index >= 15 is 0 Å². The maximum Gasteiger partial charge on any atom is 0.313 e. The first kappa shape index (κ1) is 11.1. The van der Waals surface area contributed by atoms with E-state index in [2.05, 4.69) is 10.1 Å². The molecule has 2 heterocycles. The molecule has 1 aromatic carbocycles. The highest BCUT2D eigenvalue weighted by Gasteiger charge is 2.16. The van der Waals surface area contributed by atoms with Gasteiger partial charge in [0.25, 0.3) is 0 Å². The number of nitrogens with two attached hydrogens (primary N) is 1. The van der Waals surface area contributed by atoms with Crippen molar-refractivity contribution in [2.24, 2.45) is 0 Å². The van der Waals surface area contributed by atoms with E-state index in [1.165, 1.54) is 10.6 Å². The van der Waals surface area contributed by atoms with Crippen molar-refractivity contribution in [2.75, 3.05) is 5.73 Å². The summed E-state index contributed by atoms with van der Waals surface area (Å²) >= 11 is 0. The normalized spacial score (nSPS) is 10.7. The van der Waals surface area contributed by atoms with Gasteiger partial charge in [-0.3, -0.25) is 10.1 Å². The smallest absolute Gasteiger partial charge is 0.313 e. The van der Waals surface area contributed by atoms with Gasteiger partial charge >= 0.3 is 5.69 Å². The van der Waals surface area contributed by atoms with Crippen LogP contribution in [0.5, 0.6) is 0 Å². The van der Waals surface area contributed by atoms with Gasteiger partial charge in [-0.15, -0.1) is 5.10 Å². The topological polar surface area (TPSA) is 99.3 Å². The SMILES string of the molecule is Nc1ccc(-c2nc3c([N+](=O)[O-])cccn3n2)cc1. The molecule has 0 spiro atoms. The van der Waals surface area contributed by atoms with Crippen LogP contribution in [0.3, 0.4) is 0 Å². The average molecular weight is 255 g/mol. The van der Waals surface area contributed by atoms with Crippen LogP contribution >= 0.6 is 0 Å². The zero-order chi connectivity index (χ0) is 13.4. The van der Waals surface area contributed by atoms with Crippen LogP contribution in [0, 0.1) is 10.1 Å². The number of nitrogens with zero attached hydrogens (tertiary/aromatic N) is 4. The van der Waals surface area contributed by atoms with Gasteiger partial charge in [-0.1, -0.05) is 0 Å². The molecular weight excluding hydrogens is 246 g/mol. The molecule has 0 bridgehead atoms. The van der Waals surface area contributed by atoms with Crippen LogP contribution in [-0.4, -0.2) is 19.5 Å². The lowest BCUT2D eigenvalue weighted by atomic mass is 10.2. The maximum atomic E-state index is 10.9. The van der Waals surface area contributed by atoms with Gasteiger partial charge < -0.3 is 5.73 Å². The van der Waals surface area contributed by atoms with Crippen molar-refractivity contribution in [3.63, 3.8) is 0 Å². The number of aromatic nitrogens is 3. The number of nitrogen functional groups attached to an aromatic ring is 1. The Morgan fingerprint density at radius 3 is 2.63 bits per heavy atom. The molecule has 7 heteroatoms. The second kappa shape index (κ2) is 4.05. The van der Waals surface area contributed by atoms with E-state index < -0.39 is 4.92 Å². The van der Waals surface area contributed by atoms with Crippen molar-refractivity contribution < 1.29 is 4.92 Å². The lowest BCUT2D eigenvalue weighted by Gasteiger charge is -1.94. The van der Waals surface area contributed by atoms with E-state index in [9.17, 15) is 10.1 Å². The summed E-state index contributed by atoms with van der Waals surface area (Å²) in [6.07, 6.45) is 1.62. The van der Waals surface area contributed by atoms with Crippen molar-refractivity contribution in [3.05, 3.63) is 52.7 Å². The Morgan fingerprint density at radius 2 is 1.95 bits per heavy atom. The minimum absolute atomic E-state index is 0.0725. The minimum atomic E-state index is -0.475. The molecule has 0 aliphatic heterocycles. The summed E-state index contributed by atoms with van der Waals surface area (Å²) in [5, 5.41) is 15.1. The molecule has 2 aromatic heterocycles. The average Bonchev–Trinajstić information content (AvgIpc) is 2.82. The van der Waals surface area contributed by atoms with Gasteiger partial charge in [0.15, 0.2) is 5.82 Å². The van der Waals surface area contributed by atoms with Gasteiger partial charge in [-0.2, -0.15) is 0 Å². The largest absolute Gasteiger partial charge is 0.399 e. The third-order valence-electron chi connectivity index (χ3n) is 2.71. The Balaban J connectivity index is 2.19. The molecule has 0 amide bonds. The molecule has 94 valence electrons. The van der Waals surface area contributed by atoms with E-state index in [0.717, 1.165) is 5.56 Å². The van der Waals surface area contributed by atoms with Crippen LogP contribution in [-0.2, 0) is 0 Å². The molecule has 0 saturated carbocycles. The molecule has 3 rings (SSSR count). The van der Waals surface area contributed by atoms with Gasteiger partial charge in [0.05, 0.1) is 4.92 Å². The predicted molar refractivity (Wildman–Crippen MR) is 69.5 cm³/mol. The monoisotopic (exact) mass is 255 g/mol. The lowest BCUT2D eigenvalue weighted by molar-refractivity contribution is -0.383. The van der Waals surface area contributed by atoms with Crippen LogP contribution in [0.2, 0.25) is 0 Å². The van der Waals surface area contributed by atoms with Crippen molar-refractivity contribution in [2.45, 2.75) is 0 Å². The Hall–Kier alpha value is -2.96.